The normalized spacial score (nSPS) is 10.5. The molecule has 0 aliphatic carbocycles. The highest BCUT2D eigenvalue weighted by Crippen LogP contribution is 2.23. The van der Waals surface area contributed by atoms with Crippen molar-refractivity contribution >= 4 is 17.3 Å². The van der Waals surface area contributed by atoms with Gasteiger partial charge in [0.1, 0.15) is 11.4 Å². The first-order chi connectivity index (χ1) is 17.5. The fraction of sp³-hybridized carbons (Fsp3) is 0.276. The van der Waals surface area contributed by atoms with Crippen LogP contribution >= 0.6 is 0 Å². The summed E-state index contributed by atoms with van der Waals surface area (Å²) in [6.07, 6.45) is 8.66. The van der Waals surface area contributed by atoms with Gasteiger partial charge in [0.25, 0.3) is 0 Å². The zero-order chi connectivity index (χ0) is 25.6. The number of nitrogens with zero attached hydrogens (tertiary/aromatic N) is 4. The number of esters is 1. The summed E-state index contributed by atoms with van der Waals surface area (Å²) in [7, 11) is 0. The van der Waals surface area contributed by atoms with E-state index in [0.717, 1.165) is 53.9 Å². The maximum atomic E-state index is 11.3. The summed E-state index contributed by atoms with van der Waals surface area (Å²) in [5.74, 6) is 6.60. The van der Waals surface area contributed by atoms with Crippen molar-refractivity contribution in [3.63, 3.8) is 0 Å². The van der Waals surface area contributed by atoms with Crippen molar-refractivity contribution in [3.05, 3.63) is 90.0 Å². The Morgan fingerprint density at radius 2 is 1.67 bits per heavy atom. The minimum atomic E-state index is -0.324. The summed E-state index contributed by atoms with van der Waals surface area (Å²) in [4.78, 5) is 19.5. The van der Waals surface area contributed by atoms with Crippen molar-refractivity contribution in [1.29, 1.82) is 0 Å². The molecule has 0 aliphatic heterocycles. The smallest absolute Gasteiger partial charge is 0.333 e. The van der Waals surface area contributed by atoms with Gasteiger partial charge in [-0.1, -0.05) is 12.5 Å². The summed E-state index contributed by atoms with van der Waals surface area (Å²) in [5, 5.41) is 8.65. The lowest BCUT2D eigenvalue weighted by Gasteiger charge is -2.07. The molecule has 0 spiro atoms. The number of rotatable bonds is 11. The molecule has 0 atom stereocenters. The average molecular weight is 483 g/mol. The fourth-order valence-electron chi connectivity index (χ4n) is 3.11. The van der Waals surface area contributed by atoms with Crippen LogP contribution in [0.1, 0.15) is 49.4 Å². The number of hydrogen-bond acceptors (Lipinski definition) is 7. The molecular formula is C29H30N4O3. The number of carbonyl (C=O) groups excluding carboxylic acids is 1. The van der Waals surface area contributed by atoms with Crippen molar-refractivity contribution < 1.29 is 14.3 Å². The molecule has 0 saturated heterocycles. The lowest BCUT2D eigenvalue weighted by Crippen LogP contribution is -2.06. The highest BCUT2D eigenvalue weighted by Gasteiger charge is 2.02. The molecule has 3 aromatic rings. The summed E-state index contributed by atoms with van der Waals surface area (Å²) >= 11 is 0. The molecule has 0 unspecified atom stereocenters. The highest BCUT2D eigenvalue weighted by molar-refractivity contribution is 5.86. The molecule has 1 aromatic heterocycles. The number of aryl methyl sites for hydroxylation is 1. The van der Waals surface area contributed by atoms with Crippen LogP contribution in [-0.2, 0) is 9.53 Å². The minimum absolute atomic E-state index is 0.324. The Kier molecular flexibility index (Phi) is 10.4. The molecule has 3 rings (SSSR count). The fourth-order valence-corrected chi connectivity index (χ4v) is 3.11. The van der Waals surface area contributed by atoms with E-state index in [1.165, 1.54) is 0 Å². The van der Waals surface area contributed by atoms with Gasteiger partial charge in [-0.25, -0.2) is 9.78 Å². The molecule has 0 amide bonds. The number of aromatic nitrogens is 2. The lowest BCUT2D eigenvalue weighted by molar-refractivity contribution is -0.139. The van der Waals surface area contributed by atoms with Crippen molar-refractivity contribution in [2.24, 2.45) is 10.2 Å². The van der Waals surface area contributed by atoms with Crippen molar-refractivity contribution in [1.82, 2.24) is 9.97 Å². The molecule has 1 heterocycles. The van der Waals surface area contributed by atoms with Crippen LogP contribution in [0.25, 0.3) is 0 Å². The van der Waals surface area contributed by atoms with Crippen LogP contribution in [0, 0.1) is 18.8 Å². The average Bonchev–Trinajstić information content (AvgIpc) is 2.89. The number of ether oxygens (including phenoxy) is 2. The van der Waals surface area contributed by atoms with Gasteiger partial charge in [-0.15, -0.1) is 0 Å². The molecular weight excluding hydrogens is 452 g/mol. The van der Waals surface area contributed by atoms with Gasteiger partial charge in [0.15, 0.2) is 0 Å². The Morgan fingerprint density at radius 1 is 0.944 bits per heavy atom. The first-order valence-electron chi connectivity index (χ1n) is 11.9. The van der Waals surface area contributed by atoms with Crippen molar-refractivity contribution in [3.8, 4) is 17.6 Å². The monoisotopic (exact) mass is 482 g/mol. The second-order valence-electron chi connectivity index (χ2n) is 8.21. The molecule has 0 saturated carbocycles. The highest BCUT2D eigenvalue weighted by atomic mass is 16.5. The predicted molar refractivity (Wildman–Crippen MR) is 140 cm³/mol. The van der Waals surface area contributed by atoms with Gasteiger partial charge >= 0.3 is 5.97 Å². The van der Waals surface area contributed by atoms with Crippen molar-refractivity contribution in [2.75, 3.05) is 13.2 Å². The van der Waals surface area contributed by atoms with Crippen LogP contribution < -0.4 is 4.74 Å². The van der Waals surface area contributed by atoms with Gasteiger partial charge in [-0.2, -0.15) is 10.2 Å². The quantitative estimate of drug-likeness (QED) is 0.100. The Bertz CT molecular complexity index is 1240. The van der Waals surface area contributed by atoms with E-state index in [2.05, 4.69) is 38.6 Å². The van der Waals surface area contributed by atoms with E-state index in [1.54, 1.807) is 25.5 Å². The molecule has 7 nitrogen and oxygen atoms in total. The van der Waals surface area contributed by atoms with E-state index in [9.17, 15) is 4.79 Å². The Hall–Kier alpha value is -4.31. The zero-order valence-corrected chi connectivity index (χ0v) is 20.7. The topological polar surface area (TPSA) is 86.0 Å². The zero-order valence-electron chi connectivity index (χ0n) is 20.7. The van der Waals surface area contributed by atoms with E-state index in [0.29, 0.717) is 24.5 Å². The van der Waals surface area contributed by atoms with Gasteiger partial charge in [0.05, 0.1) is 30.8 Å². The summed E-state index contributed by atoms with van der Waals surface area (Å²) in [5.41, 5.74) is 4.49. The maximum absolute atomic E-state index is 11.3. The third-order valence-electron chi connectivity index (χ3n) is 5.11. The number of azo groups is 1. The van der Waals surface area contributed by atoms with Gasteiger partial charge in [-0.05, 0) is 93.5 Å². The Balaban J connectivity index is 1.39. The van der Waals surface area contributed by atoms with Crippen LogP contribution in [0.4, 0.5) is 11.4 Å². The number of hydrogen-bond donors (Lipinski definition) is 0. The molecule has 0 bridgehead atoms. The molecule has 0 aliphatic rings. The molecule has 0 radical (unpaired) electrons. The second-order valence-corrected chi connectivity index (χ2v) is 8.21. The first kappa shape index (κ1) is 26.3. The second kappa shape index (κ2) is 14.2. The van der Waals surface area contributed by atoms with Gasteiger partial charge in [0.2, 0.25) is 0 Å². The largest absolute Gasteiger partial charge is 0.494 e. The summed E-state index contributed by atoms with van der Waals surface area (Å²) < 4.78 is 10.9. The summed E-state index contributed by atoms with van der Waals surface area (Å²) in [6, 6.07) is 13.3. The maximum Gasteiger partial charge on any atom is 0.333 e. The van der Waals surface area contributed by atoms with Gasteiger partial charge in [-0.3, -0.25) is 4.98 Å². The predicted octanol–water partition coefficient (Wildman–Crippen LogP) is 6.66. The molecule has 184 valence electrons. The van der Waals surface area contributed by atoms with Gasteiger partial charge < -0.3 is 9.47 Å². The van der Waals surface area contributed by atoms with Gasteiger partial charge in [0, 0.05) is 23.5 Å². The third-order valence-corrected chi connectivity index (χ3v) is 5.11. The number of unbranched alkanes of at least 4 members (excludes halogenated alkanes) is 3. The SMILES string of the molecule is C=C(C)C(=O)OCCCCCCOc1ccc(N=Nc2ccc(C#Cc3cnccn3)c(C)c2)cc1. The first-order valence-corrected chi connectivity index (χ1v) is 11.9. The Labute approximate surface area is 212 Å². The van der Waals surface area contributed by atoms with E-state index < -0.39 is 0 Å². The van der Waals surface area contributed by atoms with E-state index in [4.69, 9.17) is 9.47 Å². The van der Waals surface area contributed by atoms with Crippen LogP contribution in [0.3, 0.4) is 0 Å². The standard InChI is InChI=1S/C29H30N4O3/c1-22(2)29(34)36-19-7-5-4-6-18-35-28-14-12-25(13-15-28)32-33-26-10-8-24(23(3)20-26)9-11-27-21-30-16-17-31-27/h8,10,12-17,20-21H,1,4-7,18-19H2,2-3H3. The van der Waals surface area contributed by atoms with E-state index >= 15 is 0 Å². The van der Waals surface area contributed by atoms with Crippen LogP contribution in [0.5, 0.6) is 5.75 Å². The number of benzene rings is 2. The Morgan fingerprint density at radius 3 is 2.36 bits per heavy atom. The molecule has 7 heteroatoms. The molecule has 2 aromatic carbocycles. The third kappa shape index (κ3) is 9.15. The lowest BCUT2D eigenvalue weighted by atomic mass is 10.1. The van der Waals surface area contributed by atoms with Crippen LogP contribution in [-0.4, -0.2) is 29.2 Å². The molecule has 0 fully saturated rings. The molecule has 0 N–H and O–H groups in total. The minimum Gasteiger partial charge on any atom is -0.494 e. The van der Waals surface area contributed by atoms with Crippen molar-refractivity contribution in [2.45, 2.75) is 39.5 Å². The van der Waals surface area contributed by atoms with Crippen LogP contribution in [0.15, 0.2) is 83.4 Å². The van der Waals surface area contributed by atoms with E-state index in [1.807, 2.05) is 49.4 Å². The van der Waals surface area contributed by atoms with E-state index in [-0.39, 0.29) is 5.97 Å². The summed E-state index contributed by atoms with van der Waals surface area (Å²) in [6.45, 7) is 8.27. The number of carbonyl (C=O) groups is 1. The van der Waals surface area contributed by atoms with Crippen LogP contribution in [0.2, 0.25) is 0 Å². The molecule has 36 heavy (non-hydrogen) atoms.